The molecule has 1 aliphatic heterocycles. The van der Waals surface area contributed by atoms with Crippen molar-refractivity contribution in [3.63, 3.8) is 0 Å². The van der Waals surface area contributed by atoms with Crippen molar-refractivity contribution in [3.05, 3.63) is 47.7 Å². The Hall–Kier alpha value is -2.61. The summed E-state index contributed by atoms with van der Waals surface area (Å²) in [5.74, 6) is -0.243. The Bertz CT molecular complexity index is 996. The van der Waals surface area contributed by atoms with E-state index in [1.807, 2.05) is 4.90 Å². The van der Waals surface area contributed by atoms with Gasteiger partial charge in [0.2, 0.25) is 0 Å². The number of aromatic carboxylic acids is 1. The van der Waals surface area contributed by atoms with Gasteiger partial charge in [-0.25, -0.2) is 18.2 Å². The van der Waals surface area contributed by atoms with Crippen molar-refractivity contribution in [2.24, 2.45) is 5.92 Å². The van der Waals surface area contributed by atoms with Crippen molar-refractivity contribution in [1.29, 1.82) is 0 Å². The van der Waals surface area contributed by atoms with Crippen LogP contribution in [0.3, 0.4) is 0 Å². The number of hydrogen-bond acceptors (Lipinski definition) is 5. The Balaban J connectivity index is 1.82. The van der Waals surface area contributed by atoms with Gasteiger partial charge < -0.3 is 10.0 Å². The van der Waals surface area contributed by atoms with Crippen molar-refractivity contribution in [2.75, 3.05) is 22.7 Å². The lowest BCUT2D eigenvalue weighted by Gasteiger charge is -2.27. The molecule has 1 saturated heterocycles. The third-order valence-electron chi connectivity index (χ3n) is 5.38. The zero-order chi connectivity index (χ0) is 22.4. The van der Waals surface area contributed by atoms with E-state index < -0.39 is 16.0 Å². The second-order valence-electron chi connectivity index (χ2n) is 8.50. The van der Waals surface area contributed by atoms with E-state index in [4.69, 9.17) is 0 Å². The maximum Gasteiger partial charge on any atom is 0.339 e. The van der Waals surface area contributed by atoms with E-state index in [-0.39, 0.29) is 16.1 Å². The van der Waals surface area contributed by atoms with E-state index in [0.717, 1.165) is 50.8 Å². The SMILES string of the molecule is CC(C)Cc1ccc(S(=O)(=O)Nc2cnc(N3CCCCCCC3)c(C(=O)O)c2)cc1. The quantitative estimate of drug-likeness (QED) is 0.649. The summed E-state index contributed by atoms with van der Waals surface area (Å²) in [4.78, 5) is 18.4. The molecule has 168 valence electrons. The van der Waals surface area contributed by atoms with Gasteiger partial charge in [0.25, 0.3) is 10.0 Å². The van der Waals surface area contributed by atoms with Crippen molar-refractivity contribution >= 4 is 27.5 Å². The number of sulfonamides is 1. The van der Waals surface area contributed by atoms with Crippen LogP contribution in [0, 0.1) is 5.92 Å². The third-order valence-corrected chi connectivity index (χ3v) is 6.78. The van der Waals surface area contributed by atoms with E-state index in [1.165, 1.54) is 18.7 Å². The molecule has 1 aromatic heterocycles. The molecule has 0 bridgehead atoms. The average Bonchev–Trinajstić information content (AvgIpc) is 2.68. The number of rotatable bonds is 7. The van der Waals surface area contributed by atoms with Crippen LogP contribution in [0.5, 0.6) is 0 Å². The van der Waals surface area contributed by atoms with Crippen LogP contribution in [0.1, 0.15) is 61.9 Å². The van der Waals surface area contributed by atoms with Gasteiger partial charge in [-0.1, -0.05) is 45.2 Å². The van der Waals surface area contributed by atoms with Crippen molar-refractivity contribution in [1.82, 2.24) is 4.98 Å². The molecule has 31 heavy (non-hydrogen) atoms. The minimum atomic E-state index is -3.85. The molecule has 2 heterocycles. The van der Waals surface area contributed by atoms with Gasteiger partial charge >= 0.3 is 5.97 Å². The summed E-state index contributed by atoms with van der Waals surface area (Å²) in [5.41, 5.74) is 1.22. The number of aromatic nitrogens is 1. The zero-order valence-electron chi connectivity index (χ0n) is 18.2. The molecule has 3 rings (SSSR count). The first-order chi connectivity index (χ1) is 14.8. The molecule has 1 aliphatic rings. The van der Waals surface area contributed by atoms with Gasteiger partial charge in [0.1, 0.15) is 11.4 Å². The highest BCUT2D eigenvalue weighted by Crippen LogP contribution is 2.25. The molecule has 1 aromatic carbocycles. The number of nitrogens with zero attached hydrogens (tertiary/aromatic N) is 2. The van der Waals surface area contributed by atoms with Crippen molar-refractivity contribution < 1.29 is 18.3 Å². The average molecular weight is 446 g/mol. The Labute approximate surface area is 184 Å². The highest BCUT2D eigenvalue weighted by Gasteiger charge is 2.21. The van der Waals surface area contributed by atoms with Gasteiger partial charge in [-0.15, -0.1) is 0 Å². The number of carbonyl (C=O) groups is 1. The first-order valence-corrected chi connectivity index (χ1v) is 12.3. The first kappa shape index (κ1) is 23.1. The summed E-state index contributed by atoms with van der Waals surface area (Å²) in [5, 5.41) is 9.72. The molecular weight excluding hydrogens is 414 g/mol. The smallest absolute Gasteiger partial charge is 0.339 e. The minimum absolute atomic E-state index is 0.00746. The van der Waals surface area contributed by atoms with Crippen LogP contribution in [0.4, 0.5) is 11.5 Å². The molecule has 8 heteroatoms. The van der Waals surface area contributed by atoms with Crippen LogP contribution >= 0.6 is 0 Å². The van der Waals surface area contributed by atoms with E-state index in [9.17, 15) is 18.3 Å². The molecule has 0 amide bonds. The fourth-order valence-electron chi connectivity index (χ4n) is 3.87. The molecule has 1 fully saturated rings. The molecule has 2 aromatic rings. The van der Waals surface area contributed by atoms with Crippen LogP contribution in [0.25, 0.3) is 0 Å². The number of carboxylic acids is 1. The lowest BCUT2D eigenvalue weighted by atomic mass is 10.0. The van der Waals surface area contributed by atoms with E-state index in [2.05, 4.69) is 23.6 Å². The van der Waals surface area contributed by atoms with Crippen molar-refractivity contribution in [2.45, 2.75) is 57.3 Å². The van der Waals surface area contributed by atoms with Crippen LogP contribution in [0.2, 0.25) is 0 Å². The lowest BCUT2D eigenvalue weighted by molar-refractivity contribution is 0.0697. The molecular formula is C23H31N3O4S. The predicted octanol–water partition coefficient (Wildman–Crippen LogP) is 4.55. The molecule has 0 unspecified atom stereocenters. The molecule has 0 atom stereocenters. The van der Waals surface area contributed by atoms with Gasteiger partial charge in [0.15, 0.2) is 0 Å². The fourth-order valence-corrected chi connectivity index (χ4v) is 4.91. The largest absolute Gasteiger partial charge is 0.478 e. The molecule has 0 aliphatic carbocycles. The van der Waals surface area contributed by atoms with Crippen molar-refractivity contribution in [3.8, 4) is 0 Å². The maximum absolute atomic E-state index is 12.8. The summed E-state index contributed by atoms with van der Waals surface area (Å²) in [7, 11) is -3.85. The number of benzene rings is 1. The monoisotopic (exact) mass is 445 g/mol. The summed E-state index contributed by atoms with van der Waals surface area (Å²) in [6.07, 6.45) is 7.68. The van der Waals surface area contributed by atoms with Gasteiger partial charge in [-0.2, -0.15) is 0 Å². The minimum Gasteiger partial charge on any atom is -0.478 e. The Morgan fingerprint density at radius 2 is 1.71 bits per heavy atom. The summed E-state index contributed by atoms with van der Waals surface area (Å²) >= 11 is 0. The highest BCUT2D eigenvalue weighted by molar-refractivity contribution is 7.92. The van der Waals surface area contributed by atoms with Gasteiger partial charge in [-0.05, 0) is 48.9 Å². The summed E-state index contributed by atoms with van der Waals surface area (Å²) in [6.45, 7) is 5.72. The van der Waals surface area contributed by atoms with Gasteiger partial charge in [-0.3, -0.25) is 4.72 Å². The lowest BCUT2D eigenvalue weighted by Crippen LogP contribution is -2.29. The Morgan fingerprint density at radius 3 is 2.29 bits per heavy atom. The molecule has 7 nitrogen and oxygen atoms in total. The second kappa shape index (κ2) is 10.1. The van der Waals surface area contributed by atoms with Crippen LogP contribution in [-0.2, 0) is 16.4 Å². The van der Waals surface area contributed by atoms with E-state index in [1.54, 1.807) is 24.3 Å². The fraction of sp³-hybridized carbons (Fsp3) is 0.478. The highest BCUT2D eigenvalue weighted by atomic mass is 32.2. The number of nitrogens with one attached hydrogen (secondary N) is 1. The number of carboxylic acid groups (broad SMARTS) is 1. The summed E-state index contributed by atoms with van der Waals surface area (Å²) < 4.78 is 28.0. The second-order valence-corrected chi connectivity index (χ2v) is 10.2. The maximum atomic E-state index is 12.8. The number of anilines is 2. The van der Waals surface area contributed by atoms with Gasteiger partial charge in [0.05, 0.1) is 16.8 Å². The Morgan fingerprint density at radius 1 is 1.10 bits per heavy atom. The van der Waals surface area contributed by atoms with Gasteiger partial charge in [0, 0.05) is 13.1 Å². The third kappa shape index (κ3) is 6.19. The molecule has 0 saturated carbocycles. The normalized spacial score (nSPS) is 15.4. The molecule has 2 N–H and O–H groups in total. The topological polar surface area (TPSA) is 99.6 Å². The van der Waals surface area contributed by atoms with Crippen LogP contribution < -0.4 is 9.62 Å². The van der Waals surface area contributed by atoms with Crippen LogP contribution in [0.15, 0.2) is 41.4 Å². The molecule has 0 radical (unpaired) electrons. The van der Waals surface area contributed by atoms with E-state index in [0.29, 0.717) is 11.7 Å². The van der Waals surface area contributed by atoms with Crippen LogP contribution in [-0.4, -0.2) is 37.6 Å². The Kier molecular flexibility index (Phi) is 7.54. The summed E-state index contributed by atoms with van der Waals surface area (Å²) in [6, 6.07) is 8.11. The number of pyridine rings is 1. The zero-order valence-corrected chi connectivity index (χ0v) is 19.0. The standard InChI is InChI=1S/C23H31N3O4S/c1-17(2)14-18-8-10-20(11-9-18)31(29,30)25-19-15-21(23(27)28)22(24-16-19)26-12-6-4-3-5-7-13-26/h8-11,15-17,25H,3-7,12-14H2,1-2H3,(H,27,28). The first-order valence-electron chi connectivity index (χ1n) is 10.9. The van der Waals surface area contributed by atoms with E-state index >= 15 is 0 Å². The number of hydrogen-bond donors (Lipinski definition) is 2. The molecule has 0 spiro atoms. The predicted molar refractivity (Wildman–Crippen MR) is 122 cm³/mol.